The van der Waals surface area contributed by atoms with Crippen LogP contribution in [0.1, 0.15) is 31.7 Å². The first-order chi connectivity index (χ1) is 7.65. The maximum Gasteiger partial charge on any atom is 0.125 e. The van der Waals surface area contributed by atoms with Gasteiger partial charge in [-0.3, -0.25) is 0 Å². The molecular formula is C13H17ClFN. The summed E-state index contributed by atoms with van der Waals surface area (Å²) < 4.78 is 13.1. The summed E-state index contributed by atoms with van der Waals surface area (Å²) in [5.41, 5.74) is 0.920. The summed E-state index contributed by atoms with van der Waals surface area (Å²) >= 11 is 5.81. The van der Waals surface area contributed by atoms with Crippen molar-refractivity contribution in [3.63, 3.8) is 0 Å². The smallest absolute Gasteiger partial charge is 0.125 e. The highest BCUT2D eigenvalue weighted by atomic mass is 35.5. The van der Waals surface area contributed by atoms with Gasteiger partial charge < -0.3 is 5.32 Å². The molecule has 0 spiro atoms. The molecule has 2 unspecified atom stereocenters. The molecule has 0 radical (unpaired) electrons. The van der Waals surface area contributed by atoms with Gasteiger partial charge in [0.1, 0.15) is 5.82 Å². The third-order valence-corrected chi connectivity index (χ3v) is 3.57. The minimum absolute atomic E-state index is 0.260. The van der Waals surface area contributed by atoms with Gasteiger partial charge in [0.15, 0.2) is 0 Å². The van der Waals surface area contributed by atoms with Crippen molar-refractivity contribution in [3.8, 4) is 0 Å². The van der Waals surface area contributed by atoms with Crippen LogP contribution >= 0.6 is 11.6 Å². The van der Waals surface area contributed by atoms with E-state index in [0.29, 0.717) is 17.6 Å². The molecule has 0 aliphatic heterocycles. The number of rotatable bonds is 3. The number of nitrogens with one attached hydrogen (secondary N) is 1. The molecule has 16 heavy (non-hydrogen) atoms. The van der Waals surface area contributed by atoms with E-state index in [1.807, 2.05) is 6.07 Å². The van der Waals surface area contributed by atoms with Gasteiger partial charge in [-0.1, -0.05) is 24.9 Å². The SMILES string of the molecule is CC1CCCC1NCc1cc(F)cc(Cl)c1. The van der Waals surface area contributed by atoms with Gasteiger partial charge >= 0.3 is 0 Å². The summed E-state index contributed by atoms with van der Waals surface area (Å²) in [6.07, 6.45) is 3.81. The summed E-state index contributed by atoms with van der Waals surface area (Å²) in [4.78, 5) is 0. The average molecular weight is 242 g/mol. The predicted octanol–water partition coefficient (Wildman–Crippen LogP) is 3.76. The van der Waals surface area contributed by atoms with Crippen molar-refractivity contribution in [1.29, 1.82) is 0 Å². The van der Waals surface area contributed by atoms with E-state index in [1.165, 1.54) is 25.3 Å². The molecule has 1 aromatic carbocycles. The zero-order chi connectivity index (χ0) is 11.5. The van der Waals surface area contributed by atoms with E-state index in [0.717, 1.165) is 11.5 Å². The molecule has 1 nitrogen and oxygen atoms in total. The Morgan fingerprint density at radius 3 is 2.81 bits per heavy atom. The third kappa shape index (κ3) is 2.96. The second-order valence-electron chi connectivity index (χ2n) is 4.67. The van der Waals surface area contributed by atoms with Crippen molar-refractivity contribution < 1.29 is 4.39 Å². The molecule has 2 rings (SSSR count). The van der Waals surface area contributed by atoms with Gasteiger partial charge in [-0.25, -0.2) is 4.39 Å². The zero-order valence-corrected chi connectivity index (χ0v) is 10.2. The maximum absolute atomic E-state index is 13.1. The zero-order valence-electron chi connectivity index (χ0n) is 9.47. The van der Waals surface area contributed by atoms with E-state index in [2.05, 4.69) is 12.2 Å². The Kier molecular flexibility index (Phi) is 3.82. The molecule has 1 N–H and O–H groups in total. The van der Waals surface area contributed by atoms with E-state index in [4.69, 9.17) is 11.6 Å². The van der Waals surface area contributed by atoms with Gasteiger partial charge in [0, 0.05) is 17.6 Å². The summed E-state index contributed by atoms with van der Waals surface area (Å²) in [7, 11) is 0. The molecule has 3 heteroatoms. The lowest BCUT2D eigenvalue weighted by molar-refractivity contribution is 0.425. The topological polar surface area (TPSA) is 12.0 Å². The highest BCUT2D eigenvalue weighted by Gasteiger charge is 2.22. The number of benzene rings is 1. The fourth-order valence-corrected chi connectivity index (χ4v) is 2.66. The van der Waals surface area contributed by atoms with Gasteiger partial charge in [-0.15, -0.1) is 0 Å². The van der Waals surface area contributed by atoms with Crippen LogP contribution in [0.4, 0.5) is 4.39 Å². The Hall–Kier alpha value is -0.600. The predicted molar refractivity (Wildman–Crippen MR) is 65.1 cm³/mol. The lowest BCUT2D eigenvalue weighted by atomic mass is 10.1. The summed E-state index contributed by atoms with van der Waals surface area (Å²) in [6, 6.07) is 5.26. The van der Waals surface area contributed by atoms with Crippen LogP contribution < -0.4 is 5.32 Å². The highest BCUT2D eigenvalue weighted by molar-refractivity contribution is 6.30. The molecule has 1 aliphatic carbocycles. The fraction of sp³-hybridized carbons (Fsp3) is 0.538. The molecule has 0 amide bonds. The van der Waals surface area contributed by atoms with E-state index < -0.39 is 0 Å². The number of hydrogen-bond acceptors (Lipinski definition) is 1. The van der Waals surface area contributed by atoms with Crippen LogP contribution in [0.2, 0.25) is 5.02 Å². The van der Waals surface area contributed by atoms with Crippen molar-refractivity contribution in [3.05, 3.63) is 34.6 Å². The summed E-state index contributed by atoms with van der Waals surface area (Å²) in [6.45, 7) is 2.97. The van der Waals surface area contributed by atoms with Crippen LogP contribution in [0.25, 0.3) is 0 Å². The molecule has 1 fully saturated rings. The van der Waals surface area contributed by atoms with Gasteiger partial charge in [-0.2, -0.15) is 0 Å². The number of halogens is 2. The first-order valence-corrected chi connectivity index (χ1v) is 6.21. The average Bonchev–Trinajstić information content (AvgIpc) is 2.59. The molecule has 88 valence electrons. The molecule has 1 aromatic rings. The molecule has 0 bridgehead atoms. The minimum atomic E-state index is -0.260. The fourth-order valence-electron chi connectivity index (χ4n) is 2.41. The maximum atomic E-state index is 13.1. The van der Waals surface area contributed by atoms with E-state index in [9.17, 15) is 4.39 Å². The summed E-state index contributed by atoms with van der Waals surface area (Å²) in [5.74, 6) is 0.466. The Morgan fingerprint density at radius 1 is 1.38 bits per heavy atom. The van der Waals surface area contributed by atoms with Crippen molar-refractivity contribution in [1.82, 2.24) is 5.32 Å². The first-order valence-electron chi connectivity index (χ1n) is 5.83. The van der Waals surface area contributed by atoms with Crippen LogP contribution in [0.3, 0.4) is 0 Å². The van der Waals surface area contributed by atoms with Crippen molar-refractivity contribution >= 4 is 11.6 Å². The Bertz CT molecular complexity index is 347. The standard InChI is InChI=1S/C13H17ClFN/c1-9-3-2-4-13(9)16-8-10-5-11(14)7-12(15)6-10/h5-7,9,13,16H,2-4,8H2,1H3. The number of hydrogen-bond donors (Lipinski definition) is 1. The highest BCUT2D eigenvalue weighted by Crippen LogP contribution is 2.25. The van der Waals surface area contributed by atoms with Gasteiger partial charge in [0.05, 0.1) is 0 Å². The van der Waals surface area contributed by atoms with Crippen LogP contribution in [-0.4, -0.2) is 6.04 Å². The van der Waals surface area contributed by atoms with Gasteiger partial charge in [0.2, 0.25) is 0 Å². The molecule has 0 heterocycles. The Balaban J connectivity index is 1.94. The largest absolute Gasteiger partial charge is 0.310 e. The quantitative estimate of drug-likeness (QED) is 0.850. The molecule has 1 saturated carbocycles. The third-order valence-electron chi connectivity index (χ3n) is 3.35. The van der Waals surface area contributed by atoms with E-state index in [1.54, 1.807) is 6.07 Å². The molecule has 0 aromatic heterocycles. The Labute approximate surface area is 101 Å². The Morgan fingerprint density at radius 2 is 2.19 bits per heavy atom. The molecule has 1 aliphatic rings. The van der Waals surface area contributed by atoms with Crippen LogP contribution in [0.5, 0.6) is 0 Å². The van der Waals surface area contributed by atoms with Crippen LogP contribution in [-0.2, 0) is 6.54 Å². The molecule has 2 atom stereocenters. The minimum Gasteiger partial charge on any atom is -0.310 e. The first kappa shape index (κ1) is 11.9. The van der Waals surface area contributed by atoms with Gasteiger partial charge in [-0.05, 0) is 42.5 Å². The van der Waals surface area contributed by atoms with Crippen LogP contribution in [0.15, 0.2) is 18.2 Å². The van der Waals surface area contributed by atoms with Crippen molar-refractivity contribution in [2.75, 3.05) is 0 Å². The second-order valence-corrected chi connectivity index (χ2v) is 5.11. The summed E-state index contributed by atoms with van der Waals surface area (Å²) in [5, 5.41) is 3.95. The van der Waals surface area contributed by atoms with Gasteiger partial charge in [0.25, 0.3) is 0 Å². The monoisotopic (exact) mass is 241 g/mol. The molecular weight excluding hydrogens is 225 g/mol. The second kappa shape index (κ2) is 5.15. The van der Waals surface area contributed by atoms with E-state index >= 15 is 0 Å². The van der Waals surface area contributed by atoms with Crippen molar-refractivity contribution in [2.45, 2.75) is 38.8 Å². The van der Waals surface area contributed by atoms with E-state index in [-0.39, 0.29) is 5.82 Å². The lowest BCUT2D eigenvalue weighted by Gasteiger charge is -2.17. The van der Waals surface area contributed by atoms with Crippen molar-refractivity contribution in [2.24, 2.45) is 5.92 Å². The molecule has 0 saturated heterocycles. The lowest BCUT2D eigenvalue weighted by Crippen LogP contribution is -2.30. The normalized spacial score (nSPS) is 24.9. The van der Waals surface area contributed by atoms with Crippen LogP contribution in [0, 0.1) is 11.7 Å².